The predicted molar refractivity (Wildman–Crippen MR) is 110 cm³/mol. The van der Waals surface area contributed by atoms with Crippen LogP contribution in [0.25, 0.3) is 5.69 Å². The van der Waals surface area contributed by atoms with E-state index in [0.29, 0.717) is 10.8 Å². The number of nitrogens with two attached hydrogens (primary N) is 1. The molecule has 0 saturated heterocycles. The van der Waals surface area contributed by atoms with E-state index in [1.807, 2.05) is 24.6 Å². The van der Waals surface area contributed by atoms with Crippen molar-refractivity contribution in [3.63, 3.8) is 0 Å². The third-order valence-electron chi connectivity index (χ3n) is 3.87. The van der Waals surface area contributed by atoms with E-state index in [0.717, 1.165) is 16.8 Å². The number of primary sulfonamides is 1. The molecule has 0 unspecified atom stereocenters. The summed E-state index contributed by atoms with van der Waals surface area (Å²) in [6, 6.07) is 12.0. The molecule has 0 atom stereocenters. The van der Waals surface area contributed by atoms with Crippen LogP contribution in [0, 0.1) is 13.8 Å². The predicted octanol–water partition coefficient (Wildman–Crippen LogP) is 2.87. The Morgan fingerprint density at radius 1 is 1.18 bits per heavy atom. The van der Waals surface area contributed by atoms with Gasteiger partial charge in [0.25, 0.3) is 0 Å². The van der Waals surface area contributed by atoms with Gasteiger partial charge in [0.2, 0.25) is 15.9 Å². The second-order valence-corrected chi connectivity index (χ2v) is 8.84. The Kier molecular flexibility index (Phi) is 5.87. The average molecular weight is 417 g/mol. The minimum Gasteiger partial charge on any atom is -0.325 e. The smallest absolute Gasteiger partial charge is 0.238 e. The SMILES string of the molecule is Cc1cc(C)cc(-n2ccnc2SCC(=O)Nc2cccc(S(N)(=O)=O)c2)c1. The molecule has 3 N–H and O–H groups in total. The molecule has 0 bridgehead atoms. The number of thioether (sulfide) groups is 1. The Labute approximate surface area is 168 Å². The van der Waals surface area contributed by atoms with E-state index in [9.17, 15) is 13.2 Å². The summed E-state index contributed by atoms with van der Waals surface area (Å²) in [6.45, 7) is 4.06. The van der Waals surface area contributed by atoms with E-state index in [1.54, 1.807) is 12.3 Å². The van der Waals surface area contributed by atoms with Crippen molar-refractivity contribution in [1.29, 1.82) is 0 Å². The van der Waals surface area contributed by atoms with Crippen LogP contribution in [0.15, 0.2) is 64.9 Å². The van der Waals surface area contributed by atoms with E-state index in [1.165, 1.54) is 30.0 Å². The number of rotatable bonds is 6. The molecule has 1 aromatic heterocycles. The van der Waals surface area contributed by atoms with E-state index in [-0.39, 0.29) is 16.6 Å². The van der Waals surface area contributed by atoms with Crippen molar-refractivity contribution < 1.29 is 13.2 Å². The lowest BCUT2D eigenvalue weighted by atomic mass is 10.1. The van der Waals surface area contributed by atoms with Gasteiger partial charge in [-0.3, -0.25) is 9.36 Å². The molecule has 146 valence electrons. The number of carbonyl (C=O) groups excluding carboxylic acids is 1. The normalized spacial score (nSPS) is 11.4. The number of hydrogen-bond acceptors (Lipinski definition) is 5. The number of carbonyl (C=O) groups is 1. The zero-order valence-electron chi connectivity index (χ0n) is 15.4. The molecule has 9 heteroatoms. The molecule has 28 heavy (non-hydrogen) atoms. The van der Waals surface area contributed by atoms with Crippen molar-refractivity contribution >= 4 is 33.4 Å². The summed E-state index contributed by atoms with van der Waals surface area (Å²) in [5, 5.41) is 8.49. The second kappa shape index (κ2) is 8.17. The fourth-order valence-electron chi connectivity index (χ4n) is 2.76. The molecule has 7 nitrogen and oxygen atoms in total. The molecule has 2 aromatic carbocycles. The monoisotopic (exact) mass is 416 g/mol. The standard InChI is InChI=1S/C19H20N4O3S2/c1-13-8-14(2)10-16(9-13)23-7-6-21-19(23)27-12-18(24)22-15-4-3-5-17(11-15)28(20,25)26/h3-11H,12H2,1-2H3,(H,22,24)(H2,20,25,26). The summed E-state index contributed by atoms with van der Waals surface area (Å²) in [4.78, 5) is 16.5. The van der Waals surface area contributed by atoms with E-state index in [2.05, 4.69) is 28.5 Å². The summed E-state index contributed by atoms with van der Waals surface area (Å²) in [6.07, 6.45) is 3.54. The fraction of sp³-hybridized carbons (Fsp3) is 0.158. The van der Waals surface area contributed by atoms with Crippen LogP contribution in [0.5, 0.6) is 0 Å². The highest BCUT2D eigenvalue weighted by atomic mass is 32.2. The van der Waals surface area contributed by atoms with Gasteiger partial charge in [0.05, 0.1) is 10.6 Å². The van der Waals surface area contributed by atoms with Gasteiger partial charge in [0, 0.05) is 23.8 Å². The summed E-state index contributed by atoms with van der Waals surface area (Å²) < 4.78 is 24.8. The van der Waals surface area contributed by atoms with Crippen LogP contribution in [0.1, 0.15) is 11.1 Å². The maximum absolute atomic E-state index is 12.3. The van der Waals surface area contributed by atoms with E-state index in [4.69, 9.17) is 5.14 Å². The van der Waals surface area contributed by atoms with Gasteiger partial charge in [0.1, 0.15) is 0 Å². The first kappa shape index (κ1) is 20.1. The van der Waals surface area contributed by atoms with Crippen molar-refractivity contribution in [3.05, 3.63) is 66.0 Å². The number of anilines is 1. The molecule has 3 aromatic rings. The average Bonchev–Trinajstić information content (AvgIpc) is 3.07. The van der Waals surface area contributed by atoms with Crippen molar-refractivity contribution in [2.24, 2.45) is 5.14 Å². The quantitative estimate of drug-likeness (QED) is 0.601. The Balaban J connectivity index is 1.69. The molecular weight excluding hydrogens is 396 g/mol. The number of sulfonamides is 1. The summed E-state index contributed by atoms with van der Waals surface area (Å²) >= 11 is 1.29. The Hall–Kier alpha value is -2.62. The van der Waals surface area contributed by atoms with Crippen molar-refractivity contribution in [1.82, 2.24) is 9.55 Å². The lowest BCUT2D eigenvalue weighted by Crippen LogP contribution is -2.16. The molecule has 1 heterocycles. The van der Waals surface area contributed by atoms with Crippen molar-refractivity contribution in [2.45, 2.75) is 23.9 Å². The third kappa shape index (κ3) is 5.00. The number of hydrogen-bond donors (Lipinski definition) is 2. The lowest BCUT2D eigenvalue weighted by Gasteiger charge is -2.10. The molecule has 0 aliphatic carbocycles. The van der Waals surface area contributed by atoms with Crippen LogP contribution in [0.3, 0.4) is 0 Å². The minimum atomic E-state index is -3.82. The van der Waals surface area contributed by atoms with Crippen LogP contribution in [0.4, 0.5) is 5.69 Å². The second-order valence-electron chi connectivity index (χ2n) is 6.34. The Morgan fingerprint density at radius 3 is 2.57 bits per heavy atom. The topological polar surface area (TPSA) is 107 Å². The van der Waals surface area contributed by atoms with Crippen LogP contribution < -0.4 is 10.5 Å². The number of aromatic nitrogens is 2. The van der Waals surface area contributed by atoms with Gasteiger partial charge in [-0.2, -0.15) is 0 Å². The van der Waals surface area contributed by atoms with Gasteiger partial charge in [-0.05, 0) is 55.3 Å². The zero-order valence-corrected chi connectivity index (χ0v) is 17.0. The molecule has 0 spiro atoms. The maximum atomic E-state index is 12.3. The van der Waals surface area contributed by atoms with Crippen molar-refractivity contribution in [2.75, 3.05) is 11.1 Å². The first-order valence-electron chi connectivity index (χ1n) is 8.40. The van der Waals surface area contributed by atoms with Gasteiger partial charge in [0.15, 0.2) is 5.16 Å². The fourth-order valence-corrected chi connectivity index (χ4v) is 4.09. The van der Waals surface area contributed by atoms with Gasteiger partial charge >= 0.3 is 0 Å². The number of nitrogens with one attached hydrogen (secondary N) is 1. The zero-order chi connectivity index (χ0) is 20.3. The molecule has 0 fully saturated rings. The van der Waals surface area contributed by atoms with Gasteiger partial charge < -0.3 is 5.32 Å². The van der Waals surface area contributed by atoms with Gasteiger partial charge in [-0.1, -0.05) is 23.9 Å². The molecule has 1 amide bonds. The number of imidazole rings is 1. The van der Waals surface area contributed by atoms with Gasteiger partial charge in [-0.25, -0.2) is 18.5 Å². The molecule has 0 saturated carbocycles. The molecular formula is C19H20N4O3S2. The highest BCUT2D eigenvalue weighted by Crippen LogP contribution is 2.22. The number of amides is 1. The largest absolute Gasteiger partial charge is 0.325 e. The van der Waals surface area contributed by atoms with Crippen LogP contribution in [0.2, 0.25) is 0 Å². The molecule has 3 rings (SSSR count). The van der Waals surface area contributed by atoms with Crippen molar-refractivity contribution in [3.8, 4) is 5.69 Å². The van der Waals surface area contributed by atoms with Gasteiger partial charge in [-0.15, -0.1) is 0 Å². The highest BCUT2D eigenvalue weighted by molar-refractivity contribution is 7.99. The summed E-state index contributed by atoms with van der Waals surface area (Å²) in [5.74, 6) is -0.145. The number of aryl methyl sites for hydroxylation is 2. The molecule has 0 aliphatic rings. The number of benzene rings is 2. The Bertz CT molecular complexity index is 1100. The maximum Gasteiger partial charge on any atom is 0.238 e. The van der Waals surface area contributed by atoms with E-state index >= 15 is 0 Å². The molecule has 0 aliphatic heterocycles. The highest BCUT2D eigenvalue weighted by Gasteiger charge is 2.12. The lowest BCUT2D eigenvalue weighted by molar-refractivity contribution is -0.113. The first-order chi connectivity index (χ1) is 13.2. The summed E-state index contributed by atoms with van der Waals surface area (Å²) in [7, 11) is -3.82. The summed E-state index contributed by atoms with van der Waals surface area (Å²) in [5.41, 5.74) is 3.65. The van der Waals surface area contributed by atoms with E-state index < -0.39 is 10.0 Å². The minimum absolute atomic E-state index is 0.0525. The Morgan fingerprint density at radius 2 is 1.89 bits per heavy atom. The third-order valence-corrected chi connectivity index (χ3v) is 5.75. The van der Waals surface area contributed by atoms with Crippen LogP contribution in [-0.4, -0.2) is 29.6 Å². The van der Waals surface area contributed by atoms with Crippen LogP contribution >= 0.6 is 11.8 Å². The van der Waals surface area contributed by atoms with Crippen LogP contribution in [-0.2, 0) is 14.8 Å². The molecule has 0 radical (unpaired) electrons. The first-order valence-corrected chi connectivity index (χ1v) is 10.9. The number of nitrogens with zero attached hydrogens (tertiary/aromatic N) is 2.